The van der Waals surface area contributed by atoms with Gasteiger partial charge in [0, 0.05) is 6.42 Å². The zero-order valence-electron chi connectivity index (χ0n) is 5.13. The smallest absolute Gasteiger partial charge is 0.243 e. The van der Waals surface area contributed by atoms with Crippen molar-refractivity contribution in [3.63, 3.8) is 0 Å². The molecule has 0 spiro atoms. The summed E-state index contributed by atoms with van der Waals surface area (Å²) in [4.78, 5) is 10.3. The van der Waals surface area contributed by atoms with Gasteiger partial charge in [0.2, 0.25) is 5.91 Å². The summed E-state index contributed by atoms with van der Waals surface area (Å²) >= 11 is 3.96. The zero-order chi connectivity index (χ0) is 7.11. The molecule has 0 saturated carbocycles. The second-order valence-electron chi connectivity index (χ2n) is 1.72. The van der Waals surface area contributed by atoms with E-state index in [4.69, 9.17) is 5.21 Å². The van der Waals surface area contributed by atoms with Crippen molar-refractivity contribution in [3.05, 3.63) is 0 Å². The molecule has 0 aliphatic carbocycles. The molecule has 3 nitrogen and oxygen atoms in total. The molecule has 1 amide bonds. The fourth-order valence-electron chi connectivity index (χ4n) is 0.453. The van der Waals surface area contributed by atoms with Gasteiger partial charge in [-0.15, -0.1) is 0 Å². The Balaban J connectivity index is 2.97. The van der Waals surface area contributed by atoms with Crippen LogP contribution in [0.5, 0.6) is 0 Å². The quantitative estimate of drug-likeness (QED) is 0.237. The number of amides is 1. The van der Waals surface area contributed by atoms with Crippen molar-refractivity contribution in [3.8, 4) is 0 Å². The van der Waals surface area contributed by atoms with E-state index in [-0.39, 0.29) is 5.91 Å². The number of rotatable bonds is 4. The molecule has 0 saturated heterocycles. The Morgan fingerprint density at radius 1 is 1.56 bits per heavy atom. The van der Waals surface area contributed by atoms with Gasteiger partial charge in [-0.25, -0.2) is 5.48 Å². The Kier molecular flexibility index (Phi) is 5.76. The summed E-state index contributed by atoms with van der Waals surface area (Å²) in [6.45, 7) is 0. The maximum absolute atomic E-state index is 10.3. The van der Waals surface area contributed by atoms with E-state index in [1.807, 2.05) is 0 Å². The minimum Gasteiger partial charge on any atom is -0.289 e. The third-order valence-electron chi connectivity index (χ3n) is 0.937. The highest BCUT2D eigenvalue weighted by Crippen LogP contribution is 1.95. The van der Waals surface area contributed by atoms with Crippen molar-refractivity contribution in [1.82, 2.24) is 5.48 Å². The van der Waals surface area contributed by atoms with Gasteiger partial charge in [0.1, 0.15) is 0 Å². The second-order valence-corrected chi connectivity index (χ2v) is 2.16. The van der Waals surface area contributed by atoms with Gasteiger partial charge in [0.25, 0.3) is 0 Å². The summed E-state index contributed by atoms with van der Waals surface area (Å²) in [5, 5.41) is 8.02. The third kappa shape index (κ3) is 5.65. The second kappa shape index (κ2) is 5.91. The summed E-state index contributed by atoms with van der Waals surface area (Å²) in [6, 6.07) is 0. The van der Waals surface area contributed by atoms with E-state index in [2.05, 4.69) is 12.6 Å². The van der Waals surface area contributed by atoms with Gasteiger partial charge in [-0.1, -0.05) is 0 Å². The van der Waals surface area contributed by atoms with E-state index in [0.29, 0.717) is 6.42 Å². The lowest BCUT2D eigenvalue weighted by atomic mass is 10.2. The van der Waals surface area contributed by atoms with Crippen molar-refractivity contribution in [2.24, 2.45) is 0 Å². The highest BCUT2D eigenvalue weighted by molar-refractivity contribution is 7.80. The normalized spacial score (nSPS) is 9.11. The first-order chi connectivity index (χ1) is 4.31. The SMILES string of the molecule is O=C(CCCCS)NO. The highest BCUT2D eigenvalue weighted by atomic mass is 32.1. The van der Waals surface area contributed by atoms with Gasteiger partial charge >= 0.3 is 0 Å². The topological polar surface area (TPSA) is 49.3 Å². The van der Waals surface area contributed by atoms with Gasteiger partial charge in [-0.05, 0) is 18.6 Å². The lowest BCUT2D eigenvalue weighted by Crippen LogP contribution is -2.17. The molecule has 54 valence electrons. The van der Waals surface area contributed by atoms with E-state index >= 15 is 0 Å². The van der Waals surface area contributed by atoms with Crippen LogP contribution in [0.3, 0.4) is 0 Å². The molecule has 0 fully saturated rings. The van der Waals surface area contributed by atoms with Crippen LogP contribution in [0.2, 0.25) is 0 Å². The van der Waals surface area contributed by atoms with Crippen LogP contribution < -0.4 is 5.48 Å². The minimum absolute atomic E-state index is 0.322. The first kappa shape index (κ1) is 8.78. The van der Waals surface area contributed by atoms with Crippen LogP contribution in [-0.4, -0.2) is 16.9 Å². The highest BCUT2D eigenvalue weighted by Gasteiger charge is 1.95. The molecular weight excluding hydrogens is 138 g/mol. The van der Waals surface area contributed by atoms with Crippen molar-refractivity contribution < 1.29 is 10.0 Å². The van der Waals surface area contributed by atoms with Crippen molar-refractivity contribution in [2.45, 2.75) is 19.3 Å². The molecule has 0 radical (unpaired) electrons. The molecular formula is C5H11NO2S. The fraction of sp³-hybridized carbons (Fsp3) is 0.800. The van der Waals surface area contributed by atoms with Gasteiger partial charge in [0.15, 0.2) is 0 Å². The number of carbonyl (C=O) groups is 1. The fourth-order valence-corrected chi connectivity index (χ4v) is 0.677. The molecule has 0 aliphatic rings. The van der Waals surface area contributed by atoms with Crippen LogP contribution in [0.4, 0.5) is 0 Å². The first-order valence-corrected chi connectivity index (χ1v) is 3.48. The lowest BCUT2D eigenvalue weighted by molar-refractivity contribution is -0.129. The van der Waals surface area contributed by atoms with E-state index in [0.717, 1.165) is 18.6 Å². The minimum atomic E-state index is -0.322. The summed E-state index contributed by atoms with van der Waals surface area (Å²) in [7, 11) is 0. The van der Waals surface area contributed by atoms with Gasteiger partial charge < -0.3 is 0 Å². The van der Waals surface area contributed by atoms with Crippen LogP contribution in [-0.2, 0) is 4.79 Å². The van der Waals surface area contributed by atoms with Gasteiger partial charge in [0.05, 0.1) is 0 Å². The number of hydroxylamine groups is 1. The molecule has 0 bridgehead atoms. The number of carbonyl (C=O) groups excluding carboxylic acids is 1. The van der Waals surface area contributed by atoms with Crippen LogP contribution in [0, 0.1) is 0 Å². The van der Waals surface area contributed by atoms with Crippen molar-refractivity contribution >= 4 is 18.5 Å². The number of hydrogen-bond donors (Lipinski definition) is 3. The molecule has 0 atom stereocenters. The molecule has 0 aromatic rings. The molecule has 0 heterocycles. The molecule has 0 aromatic carbocycles. The lowest BCUT2D eigenvalue weighted by Gasteiger charge is -1.94. The summed E-state index contributed by atoms with van der Waals surface area (Å²) < 4.78 is 0. The molecule has 9 heavy (non-hydrogen) atoms. The largest absolute Gasteiger partial charge is 0.289 e. The maximum Gasteiger partial charge on any atom is 0.243 e. The molecule has 0 aliphatic heterocycles. The van der Waals surface area contributed by atoms with Gasteiger partial charge in [-0.2, -0.15) is 12.6 Å². The van der Waals surface area contributed by atoms with Gasteiger partial charge in [-0.3, -0.25) is 10.0 Å². The Bertz CT molecular complexity index is 87.0. The Morgan fingerprint density at radius 3 is 2.67 bits per heavy atom. The average molecular weight is 149 g/mol. The average Bonchev–Trinajstić information content (AvgIpc) is 1.89. The Labute approximate surface area is 59.8 Å². The van der Waals surface area contributed by atoms with Crippen LogP contribution in [0.25, 0.3) is 0 Å². The predicted molar refractivity (Wildman–Crippen MR) is 37.6 cm³/mol. The number of nitrogens with one attached hydrogen (secondary N) is 1. The zero-order valence-corrected chi connectivity index (χ0v) is 6.03. The Hall–Kier alpha value is -0.220. The molecule has 0 rings (SSSR count). The first-order valence-electron chi connectivity index (χ1n) is 2.85. The van der Waals surface area contributed by atoms with E-state index in [9.17, 15) is 4.79 Å². The standard InChI is InChI=1S/C5H11NO2S/c7-5(6-8)3-1-2-4-9/h8-9H,1-4H2,(H,6,7). The van der Waals surface area contributed by atoms with Crippen molar-refractivity contribution in [1.29, 1.82) is 0 Å². The molecule has 4 heteroatoms. The maximum atomic E-state index is 10.3. The predicted octanol–water partition coefficient (Wildman–Crippen LogP) is 0.592. The van der Waals surface area contributed by atoms with E-state index in [1.54, 1.807) is 5.48 Å². The summed E-state index contributed by atoms with van der Waals surface area (Å²) in [5.41, 5.74) is 1.56. The summed E-state index contributed by atoms with van der Waals surface area (Å²) in [5.74, 6) is 0.468. The van der Waals surface area contributed by atoms with Crippen molar-refractivity contribution in [2.75, 3.05) is 5.75 Å². The molecule has 0 aromatic heterocycles. The van der Waals surface area contributed by atoms with Crippen LogP contribution in [0.1, 0.15) is 19.3 Å². The van der Waals surface area contributed by atoms with E-state index < -0.39 is 0 Å². The number of unbranched alkanes of at least 4 members (excludes halogenated alkanes) is 1. The number of hydrogen-bond acceptors (Lipinski definition) is 3. The summed E-state index contributed by atoms with van der Waals surface area (Å²) in [6.07, 6.45) is 2.09. The van der Waals surface area contributed by atoms with Crippen LogP contribution in [0.15, 0.2) is 0 Å². The third-order valence-corrected chi connectivity index (χ3v) is 1.25. The molecule has 0 unspecified atom stereocenters. The molecule has 2 N–H and O–H groups in total. The van der Waals surface area contributed by atoms with Crippen LogP contribution >= 0.6 is 12.6 Å². The van der Waals surface area contributed by atoms with E-state index in [1.165, 1.54) is 0 Å². The monoisotopic (exact) mass is 149 g/mol. The number of thiol groups is 1. The Morgan fingerprint density at radius 2 is 2.22 bits per heavy atom.